The lowest BCUT2D eigenvalue weighted by atomic mass is 9.48. The molecule has 1 saturated heterocycles. The third kappa shape index (κ3) is 2.67. The second-order valence-corrected chi connectivity index (χ2v) is 9.71. The van der Waals surface area contributed by atoms with Gasteiger partial charge in [-0.1, -0.05) is 6.07 Å². The Morgan fingerprint density at radius 1 is 1.41 bits per heavy atom. The maximum Gasteiger partial charge on any atom is 0.320 e. The lowest BCUT2D eigenvalue weighted by Crippen LogP contribution is -2.78. The number of nitrogens with zero attached hydrogens (tertiary/aromatic N) is 1. The number of carbonyl (C=O) groups excluding carboxylic acids is 1. The number of phenols is 1. The van der Waals surface area contributed by atoms with Crippen LogP contribution in [0.1, 0.15) is 43.2 Å². The summed E-state index contributed by atoms with van der Waals surface area (Å²) in [6, 6.07) is 2.66. The summed E-state index contributed by atoms with van der Waals surface area (Å²) < 4.78 is 12.9. The van der Waals surface area contributed by atoms with Crippen LogP contribution in [-0.2, 0) is 26.2 Å². The number of amides is 1. The average Bonchev–Trinajstić information content (AvgIpc) is 3.11. The number of aromatic hydroxyl groups is 1. The number of carboxylic acids is 1. The average molecular weight is 446 g/mol. The van der Waals surface area contributed by atoms with Gasteiger partial charge in [-0.2, -0.15) is 0 Å². The molecule has 5 N–H and O–H groups in total. The van der Waals surface area contributed by atoms with Crippen LogP contribution in [-0.4, -0.2) is 77.5 Å². The van der Waals surface area contributed by atoms with Gasteiger partial charge in [0.15, 0.2) is 11.5 Å². The van der Waals surface area contributed by atoms with Crippen molar-refractivity contribution in [1.29, 1.82) is 0 Å². The molecule has 9 heteroatoms. The fraction of sp³-hybridized carbons (Fsp3) is 0.652. The Morgan fingerprint density at radius 3 is 2.88 bits per heavy atom. The third-order valence-corrected chi connectivity index (χ3v) is 8.45. The SMILES string of the molecule is CO[C@@]12CC[C@@H](NC(CCC(N)=O)C(=O)O)[C@@H]3Oc4c(O)ccc5c4[C@@]31CCN(C)C2C5. The molecule has 1 aromatic rings. The van der Waals surface area contributed by atoms with Crippen LogP contribution in [0.25, 0.3) is 0 Å². The summed E-state index contributed by atoms with van der Waals surface area (Å²) in [6.45, 7) is 0.862. The van der Waals surface area contributed by atoms with E-state index in [2.05, 4.69) is 17.3 Å². The molecule has 2 heterocycles. The number of likely N-dealkylation sites (N-methyl/N-ethyl adjacent to an activating group) is 1. The van der Waals surface area contributed by atoms with Crippen LogP contribution in [0.4, 0.5) is 0 Å². The summed E-state index contributed by atoms with van der Waals surface area (Å²) in [5, 5.41) is 23.7. The molecule has 6 atom stereocenters. The Morgan fingerprint density at radius 2 is 2.19 bits per heavy atom. The third-order valence-electron chi connectivity index (χ3n) is 8.45. The maximum atomic E-state index is 11.9. The van der Waals surface area contributed by atoms with Crippen molar-refractivity contribution in [3.8, 4) is 11.5 Å². The standard InChI is InChI=1S/C23H31N3O6/c1-26-10-9-22-18-12-3-5-15(27)19(18)32-20(22)13(7-8-23(22,31-2)16(26)11-12)25-14(21(29)30)4-6-17(24)28/h3,5,13-14,16,20,25,27H,4,6-11H2,1-2H3,(H2,24,28)(H,29,30)/t13-,14?,16?,20+,22+,23-/m1/s1. The van der Waals surface area contributed by atoms with E-state index in [4.69, 9.17) is 15.2 Å². The number of ether oxygens (including phenoxy) is 2. The summed E-state index contributed by atoms with van der Waals surface area (Å²) in [5.41, 5.74) is 6.48. The molecule has 2 bridgehead atoms. The predicted molar refractivity (Wildman–Crippen MR) is 115 cm³/mol. The number of piperidine rings is 1. The molecule has 9 nitrogen and oxygen atoms in total. The maximum absolute atomic E-state index is 11.9. The van der Waals surface area contributed by atoms with E-state index in [1.807, 2.05) is 6.07 Å². The number of carboxylic acid groups (broad SMARTS) is 1. The first-order chi connectivity index (χ1) is 15.2. The molecule has 4 aliphatic rings. The first kappa shape index (κ1) is 21.5. The highest BCUT2D eigenvalue weighted by Gasteiger charge is 2.73. The first-order valence-corrected chi connectivity index (χ1v) is 11.3. The molecule has 1 saturated carbocycles. The minimum atomic E-state index is -1.02. The van der Waals surface area contributed by atoms with Crippen LogP contribution >= 0.6 is 0 Å². The van der Waals surface area contributed by atoms with Gasteiger partial charge in [-0.05, 0) is 57.3 Å². The van der Waals surface area contributed by atoms with Crippen molar-refractivity contribution in [3.05, 3.63) is 23.3 Å². The molecular formula is C23H31N3O6. The van der Waals surface area contributed by atoms with E-state index in [-0.39, 0.29) is 36.8 Å². The number of rotatable bonds is 7. The molecule has 1 aromatic carbocycles. The van der Waals surface area contributed by atoms with Gasteiger partial charge >= 0.3 is 5.97 Å². The number of phenolic OH excluding ortho intramolecular Hbond substituents is 1. The number of hydrogen-bond acceptors (Lipinski definition) is 7. The number of primary amides is 1. The molecule has 5 rings (SSSR count). The second kappa shape index (κ2) is 7.33. The number of methoxy groups -OCH3 is 1. The Hall–Kier alpha value is -2.36. The lowest BCUT2D eigenvalue weighted by molar-refractivity contribution is -0.204. The van der Waals surface area contributed by atoms with Gasteiger partial charge in [0.25, 0.3) is 0 Å². The van der Waals surface area contributed by atoms with Crippen molar-refractivity contribution < 1.29 is 29.3 Å². The highest BCUT2D eigenvalue weighted by Crippen LogP contribution is 2.66. The highest BCUT2D eigenvalue weighted by atomic mass is 16.5. The second-order valence-electron chi connectivity index (χ2n) is 9.71. The van der Waals surface area contributed by atoms with Crippen LogP contribution in [0, 0.1) is 0 Å². The van der Waals surface area contributed by atoms with E-state index in [1.54, 1.807) is 13.2 Å². The van der Waals surface area contributed by atoms with Crippen molar-refractivity contribution in [1.82, 2.24) is 10.2 Å². The Balaban J connectivity index is 1.59. The minimum absolute atomic E-state index is 0.00655. The number of nitrogens with one attached hydrogen (secondary N) is 1. The molecule has 174 valence electrons. The summed E-state index contributed by atoms with van der Waals surface area (Å²) in [5.74, 6) is -0.925. The Bertz CT molecular complexity index is 969. The Kier molecular flexibility index (Phi) is 4.92. The van der Waals surface area contributed by atoms with Gasteiger partial charge in [-0.15, -0.1) is 0 Å². The van der Waals surface area contributed by atoms with Crippen LogP contribution < -0.4 is 15.8 Å². The smallest absolute Gasteiger partial charge is 0.320 e. The molecule has 1 amide bonds. The van der Waals surface area contributed by atoms with Gasteiger partial charge in [0.05, 0.1) is 11.0 Å². The number of benzene rings is 1. The molecule has 2 aliphatic heterocycles. The van der Waals surface area contributed by atoms with Gasteiger partial charge in [0.1, 0.15) is 12.1 Å². The van der Waals surface area contributed by atoms with Gasteiger partial charge in [-0.3, -0.25) is 14.9 Å². The summed E-state index contributed by atoms with van der Waals surface area (Å²) >= 11 is 0. The summed E-state index contributed by atoms with van der Waals surface area (Å²) in [7, 11) is 3.89. The highest BCUT2D eigenvalue weighted by molar-refractivity contribution is 5.77. The normalized spacial score (nSPS) is 35.6. The first-order valence-electron chi connectivity index (χ1n) is 11.3. The molecular weight excluding hydrogens is 414 g/mol. The zero-order chi connectivity index (χ0) is 22.8. The molecule has 0 aromatic heterocycles. The summed E-state index contributed by atoms with van der Waals surface area (Å²) in [4.78, 5) is 25.5. The molecule has 2 unspecified atom stereocenters. The molecule has 1 spiro atoms. The van der Waals surface area contributed by atoms with Crippen LogP contribution in [0.15, 0.2) is 12.1 Å². The van der Waals surface area contributed by atoms with Crippen molar-refractivity contribution in [2.75, 3.05) is 20.7 Å². The van der Waals surface area contributed by atoms with E-state index < -0.39 is 28.9 Å². The quantitative estimate of drug-likeness (QED) is 0.477. The number of likely N-dealkylation sites (tertiary alicyclic amines) is 1. The number of nitrogens with two attached hydrogens (primary N) is 1. The predicted octanol–water partition coefficient (Wildman–Crippen LogP) is 0.507. The van der Waals surface area contributed by atoms with Crippen molar-refractivity contribution >= 4 is 11.9 Å². The van der Waals surface area contributed by atoms with Gasteiger partial charge in [-0.25, -0.2) is 0 Å². The molecule has 0 radical (unpaired) electrons. The molecule has 32 heavy (non-hydrogen) atoms. The zero-order valence-corrected chi connectivity index (χ0v) is 18.5. The van der Waals surface area contributed by atoms with Crippen molar-refractivity contribution in [2.45, 2.75) is 73.8 Å². The van der Waals surface area contributed by atoms with Crippen molar-refractivity contribution in [3.63, 3.8) is 0 Å². The fourth-order valence-corrected chi connectivity index (χ4v) is 7.13. The van der Waals surface area contributed by atoms with E-state index in [1.165, 1.54) is 0 Å². The van der Waals surface area contributed by atoms with E-state index in [0.29, 0.717) is 12.2 Å². The Labute approximate surface area is 186 Å². The number of hydrogen-bond donors (Lipinski definition) is 4. The van der Waals surface area contributed by atoms with E-state index >= 15 is 0 Å². The van der Waals surface area contributed by atoms with Crippen LogP contribution in [0.5, 0.6) is 11.5 Å². The molecule has 2 fully saturated rings. The zero-order valence-electron chi connectivity index (χ0n) is 18.5. The number of aliphatic carboxylic acids is 1. The van der Waals surface area contributed by atoms with Gasteiger partial charge < -0.3 is 30.3 Å². The van der Waals surface area contributed by atoms with E-state index in [9.17, 15) is 19.8 Å². The lowest BCUT2D eigenvalue weighted by Gasteiger charge is -2.65. The summed E-state index contributed by atoms with van der Waals surface area (Å²) in [6.07, 6.45) is 2.74. The topological polar surface area (TPSA) is 134 Å². The van der Waals surface area contributed by atoms with Crippen LogP contribution in [0.2, 0.25) is 0 Å². The fourth-order valence-electron chi connectivity index (χ4n) is 7.13. The van der Waals surface area contributed by atoms with Gasteiger partial charge in [0.2, 0.25) is 5.91 Å². The van der Waals surface area contributed by atoms with Gasteiger partial charge in [0, 0.05) is 31.2 Å². The van der Waals surface area contributed by atoms with Crippen LogP contribution in [0.3, 0.4) is 0 Å². The monoisotopic (exact) mass is 445 g/mol. The minimum Gasteiger partial charge on any atom is -0.504 e. The largest absolute Gasteiger partial charge is 0.504 e. The van der Waals surface area contributed by atoms with E-state index in [0.717, 1.165) is 36.9 Å². The van der Waals surface area contributed by atoms with Crippen molar-refractivity contribution in [2.24, 2.45) is 5.73 Å². The number of carbonyl (C=O) groups is 2. The molecule has 2 aliphatic carbocycles.